The molecular formula is C40H47N5O7S. The van der Waals surface area contributed by atoms with Crippen LogP contribution < -0.4 is 26.1 Å². The molecular weight excluding hydrogens is 695 g/mol. The first-order valence-electron chi connectivity index (χ1n) is 17.6. The number of fused-ring (bicyclic) bond motifs is 1. The van der Waals surface area contributed by atoms with Gasteiger partial charge < -0.3 is 25.5 Å². The third kappa shape index (κ3) is 9.15. The third-order valence-electron chi connectivity index (χ3n) is 9.67. The van der Waals surface area contributed by atoms with E-state index in [0.717, 1.165) is 40.0 Å². The average Bonchev–Trinajstić information content (AvgIpc) is 3.10. The molecule has 280 valence electrons. The number of nitrogens with two attached hydrogens (primary N) is 1. The summed E-state index contributed by atoms with van der Waals surface area (Å²) in [7, 11) is -4.11. The largest absolute Gasteiger partial charge is 0.487 e. The van der Waals surface area contributed by atoms with Crippen molar-refractivity contribution in [3.05, 3.63) is 128 Å². The van der Waals surface area contributed by atoms with Crippen molar-refractivity contribution in [2.45, 2.75) is 89.8 Å². The van der Waals surface area contributed by atoms with Crippen molar-refractivity contribution in [1.82, 2.24) is 14.6 Å². The molecule has 0 saturated carbocycles. The number of carbonyl (C=O) groups is 2. The van der Waals surface area contributed by atoms with Crippen molar-refractivity contribution in [1.29, 1.82) is 0 Å². The van der Waals surface area contributed by atoms with Crippen molar-refractivity contribution in [3.8, 4) is 5.75 Å². The molecule has 1 aliphatic heterocycles. The van der Waals surface area contributed by atoms with Gasteiger partial charge in [-0.05, 0) is 118 Å². The van der Waals surface area contributed by atoms with Gasteiger partial charge in [0.1, 0.15) is 23.0 Å². The lowest BCUT2D eigenvalue weighted by Gasteiger charge is -2.35. The number of benzene rings is 3. The second-order valence-corrected chi connectivity index (χ2v) is 15.7. The van der Waals surface area contributed by atoms with Crippen LogP contribution in [0.15, 0.2) is 87.6 Å². The number of nitrogens with zero attached hydrogens (tertiary/aromatic N) is 2. The van der Waals surface area contributed by atoms with Crippen LogP contribution in [0.1, 0.15) is 82.4 Å². The maximum absolute atomic E-state index is 13.5. The highest BCUT2D eigenvalue weighted by Crippen LogP contribution is 2.42. The summed E-state index contributed by atoms with van der Waals surface area (Å²) in [5.41, 5.74) is 10.7. The summed E-state index contributed by atoms with van der Waals surface area (Å²) < 4.78 is 37.0. The fraction of sp³-hybridized carbons (Fsp3) is 0.350. The smallest absolute Gasteiger partial charge is 0.326 e. The number of hydrogen-bond donors (Lipinski definition) is 4. The van der Waals surface area contributed by atoms with Crippen molar-refractivity contribution in [3.63, 3.8) is 0 Å². The average molecular weight is 742 g/mol. The Bertz CT molecular complexity index is 2210. The van der Waals surface area contributed by atoms with Gasteiger partial charge in [-0.2, -0.15) is 0 Å². The van der Waals surface area contributed by atoms with Crippen molar-refractivity contribution >= 4 is 27.9 Å². The van der Waals surface area contributed by atoms with Crippen LogP contribution in [0.25, 0.3) is 0 Å². The van der Waals surface area contributed by atoms with E-state index < -0.39 is 33.5 Å². The van der Waals surface area contributed by atoms with E-state index >= 15 is 0 Å². The Morgan fingerprint density at radius 1 is 0.981 bits per heavy atom. The molecule has 0 unspecified atom stereocenters. The van der Waals surface area contributed by atoms with Crippen LogP contribution in [-0.2, 0) is 34.2 Å². The summed E-state index contributed by atoms with van der Waals surface area (Å²) in [6, 6.07) is 19.3. The van der Waals surface area contributed by atoms with Crippen LogP contribution in [0, 0.1) is 20.8 Å². The third-order valence-corrected chi connectivity index (χ3v) is 11.3. The standard InChI is InChI=1S/C40H47N5O7S/c1-25-26(2)35(27(3)31-19-20-40(4,5)52-34(25)31)53(50,51)44-39(41)42-21-11-18-33(38(48)49)43-36(46)32-17-12-22-45(37(32)47)24-30-16-10-9-15-29(30)23-28-13-7-6-8-14-28/h6-10,12-17,22,33H,11,18-21,23-24H2,1-5H3,(H,43,46)(H,48,49)(H3,41,42,44)/t33-/m0/s1. The number of carbonyl (C=O) groups excluding carboxylic acids is 1. The quantitative estimate of drug-likeness (QED) is 0.0859. The summed E-state index contributed by atoms with van der Waals surface area (Å²) in [6.07, 6.45) is 3.79. The first-order chi connectivity index (χ1) is 25.1. The van der Waals surface area contributed by atoms with Crippen LogP contribution in [0.2, 0.25) is 0 Å². The molecule has 3 aromatic carbocycles. The van der Waals surface area contributed by atoms with Crippen LogP contribution in [-0.4, -0.2) is 54.1 Å². The zero-order valence-corrected chi connectivity index (χ0v) is 31.5. The summed E-state index contributed by atoms with van der Waals surface area (Å²) >= 11 is 0. The van der Waals surface area contributed by atoms with Crippen LogP contribution >= 0.6 is 0 Å². The molecule has 0 fully saturated rings. The minimum atomic E-state index is -4.11. The van der Waals surface area contributed by atoms with E-state index in [2.05, 4.69) is 15.0 Å². The highest BCUT2D eigenvalue weighted by molar-refractivity contribution is 7.90. The molecule has 1 atom stereocenters. The molecule has 0 spiro atoms. The zero-order chi connectivity index (χ0) is 38.5. The summed E-state index contributed by atoms with van der Waals surface area (Å²) in [5.74, 6) is -1.73. The maximum Gasteiger partial charge on any atom is 0.326 e. The number of sulfonamides is 1. The lowest BCUT2D eigenvalue weighted by Crippen LogP contribution is -2.43. The molecule has 0 radical (unpaired) electrons. The number of aliphatic carboxylic acids is 1. The monoisotopic (exact) mass is 741 g/mol. The molecule has 5 rings (SSSR count). The van der Waals surface area contributed by atoms with E-state index in [1.165, 1.54) is 10.6 Å². The Hall–Kier alpha value is -5.43. The van der Waals surface area contributed by atoms with Gasteiger partial charge in [-0.25, -0.2) is 17.9 Å². The number of pyridine rings is 1. The molecule has 13 heteroatoms. The van der Waals surface area contributed by atoms with Gasteiger partial charge in [0.05, 0.1) is 11.4 Å². The molecule has 5 N–H and O–H groups in total. The molecule has 1 aromatic heterocycles. The number of nitrogens with one attached hydrogen (secondary N) is 2. The SMILES string of the molecule is Cc1c(C)c(S(=O)(=O)NC(N)=NCCC[C@H](NC(=O)c2cccn(Cc3ccccc3Cc3ccccc3)c2=O)C(=O)O)c(C)c2c1OC(C)(C)CC2. The van der Waals surface area contributed by atoms with E-state index in [1.54, 1.807) is 26.1 Å². The van der Waals surface area contributed by atoms with Gasteiger partial charge in [0.2, 0.25) is 5.96 Å². The van der Waals surface area contributed by atoms with Gasteiger partial charge in [-0.1, -0.05) is 54.6 Å². The topological polar surface area (TPSA) is 182 Å². The van der Waals surface area contributed by atoms with Gasteiger partial charge in [-0.3, -0.25) is 14.6 Å². The molecule has 2 heterocycles. The minimum Gasteiger partial charge on any atom is -0.487 e. The molecule has 0 bridgehead atoms. The molecule has 53 heavy (non-hydrogen) atoms. The molecule has 1 amide bonds. The summed E-state index contributed by atoms with van der Waals surface area (Å²) in [4.78, 5) is 42.9. The normalized spacial score (nSPS) is 14.5. The Morgan fingerprint density at radius 2 is 1.66 bits per heavy atom. The molecule has 0 saturated heterocycles. The van der Waals surface area contributed by atoms with Crippen molar-refractivity contribution in [2.24, 2.45) is 10.7 Å². The van der Waals surface area contributed by atoms with E-state index in [9.17, 15) is 27.9 Å². The van der Waals surface area contributed by atoms with Gasteiger partial charge in [0.25, 0.3) is 21.5 Å². The predicted molar refractivity (Wildman–Crippen MR) is 204 cm³/mol. The van der Waals surface area contributed by atoms with Gasteiger partial charge >= 0.3 is 5.97 Å². The Kier molecular flexibility index (Phi) is 11.8. The number of rotatable bonds is 13. The maximum atomic E-state index is 13.5. The summed E-state index contributed by atoms with van der Waals surface area (Å²) in [5, 5.41) is 12.3. The number of hydrogen-bond acceptors (Lipinski definition) is 7. The molecule has 4 aromatic rings. The lowest BCUT2D eigenvalue weighted by molar-refractivity contribution is -0.139. The lowest BCUT2D eigenvalue weighted by atomic mass is 9.88. The fourth-order valence-electron chi connectivity index (χ4n) is 6.68. The predicted octanol–water partition coefficient (Wildman–Crippen LogP) is 4.77. The number of aliphatic imine (C=N–C) groups is 1. The molecule has 1 aliphatic rings. The van der Waals surface area contributed by atoms with Crippen LogP contribution in [0.4, 0.5) is 0 Å². The zero-order valence-electron chi connectivity index (χ0n) is 30.7. The number of amides is 1. The molecule has 0 aliphatic carbocycles. The number of carboxylic acids is 1. The van der Waals surface area contributed by atoms with Gasteiger partial charge in [0.15, 0.2) is 0 Å². The van der Waals surface area contributed by atoms with Crippen molar-refractivity contribution < 1.29 is 27.9 Å². The number of guanidine groups is 1. The van der Waals surface area contributed by atoms with Crippen molar-refractivity contribution in [2.75, 3.05) is 6.54 Å². The van der Waals surface area contributed by atoms with E-state index in [0.29, 0.717) is 24.0 Å². The van der Waals surface area contributed by atoms with Crippen LogP contribution in [0.3, 0.4) is 0 Å². The fourth-order valence-corrected chi connectivity index (χ4v) is 8.20. The first-order valence-corrected chi connectivity index (χ1v) is 19.0. The van der Waals surface area contributed by atoms with Gasteiger partial charge in [0, 0.05) is 12.7 Å². The van der Waals surface area contributed by atoms with Gasteiger partial charge in [-0.15, -0.1) is 0 Å². The number of ether oxygens (including phenoxy) is 1. The second kappa shape index (κ2) is 16.1. The van der Waals surface area contributed by atoms with E-state index in [-0.39, 0.29) is 48.0 Å². The minimum absolute atomic E-state index is 0.0152. The second-order valence-electron chi connectivity index (χ2n) is 14.0. The highest BCUT2D eigenvalue weighted by atomic mass is 32.2. The van der Waals surface area contributed by atoms with E-state index in [4.69, 9.17) is 10.5 Å². The highest BCUT2D eigenvalue weighted by Gasteiger charge is 2.33. The van der Waals surface area contributed by atoms with E-state index in [1.807, 2.05) is 75.4 Å². The Labute approximate surface area is 310 Å². The first kappa shape index (κ1) is 38.8. The number of carboxylic acid groups (broad SMARTS) is 1. The Balaban J connectivity index is 1.21. The molecule has 12 nitrogen and oxygen atoms in total. The Morgan fingerprint density at radius 3 is 2.36 bits per heavy atom. The number of aromatic nitrogens is 1. The van der Waals surface area contributed by atoms with Crippen LogP contribution in [0.5, 0.6) is 5.75 Å². The summed E-state index contributed by atoms with van der Waals surface area (Å²) in [6.45, 7) is 9.55.